The highest BCUT2D eigenvalue weighted by Crippen LogP contribution is 2.05. The van der Waals surface area contributed by atoms with Crippen LogP contribution in [0.4, 0.5) is 0 Å². The molecule has 94 valence electrons. The normalized spacial score (nSPS) is 13.2. The van der Waals surface area contributed by atoms with E-state index in [1.165, 1.54) is 6.92 Å². The van der Waals surface area contributed by atoms with Gasteiger partial charge in [-0.3, -0.25) is 4.55 Å². The zero-order valence-electron chi connectivity index (χ0n) is 9.30. The van der Waals surface area contributed by atoms with Crippen molar-refractivity contribution in [2.45, 2.75) is 25.7 Å². The Labute approximate surface area is 95.0 Å². The summed E-state index contributed by atoms with van der Waals surface area (Å²) < 4.78 is 39.6. The molecule has 0 aromatic carbocycles. The van der Waals surface area contributed by atoms with E-state index < -0.39 is 21.5 Å². The highest BCUT2D eigenvalue weighted by Gasteiger charge is 2.21. The summed E-state index contributed by atoms with van der Waals surface area (Å²) in [6.45, 7) is 6.24. The summed E-state index contributed by atoms with van der Waals surface area (Å²) >= 11 is 0. The predicted molar refractivity (Wildman–Crippen MR) is 57.4 cm³/mol. The van der Waals surface area contributed by atoms with Crippen LogP contribution in [0.1, 0.15) is 20.3 Å². The second-order valence-corrected chi connectivity index (χ2v) is 4.70. The third-order valence-corrected chi connectivity index (χ3v) is 2.77. The summed E-state index contributed by atoms with van der Waals surface area (Å²) in [6, 6.07) is 0. The van der Waals surface area contributed by atoms with Gasteiger partial charge in [0.1, 0.15) is 6.61 Å². The van der Waals surface area contributed by atoms with Gasteiger partial charge in [0, 0.05) is 5.57 Å². The number of rotatable bonds is 7. The molecule has 0 bridgehead atoms. The van der Waals surface area contributed by atoms with Crippen molar-refractivity contribution in [2.75, 3.05) is 13.2 Å². The predicted octanol–water partition coefficient (Wildman–Crippen LogP) is 0.746. The molecule has 0 heterocycles. The second-order valence-electron chi connectivity index (χ2n) is 3.14. The van der Waals surface area contributed by atoms with Crippen LogP contribution in [-0.2, 0) is 24.4 Å². The lowest BCUT2D eigenvalue weighted by Crippen LogP contribution is -2.25. The third kappa shape index (κ3) is 5.84. The summed E-state index contributed by atoms with van der Waals surface area (Å²) in [5.74, 6) is -0.566. The maximum absolute atomic E-state index is 10.9. The Hall–Kier alpha value is -0.920. The number of hydrogen-bond donors (Lipinski definition) is 1. The average Bonchev–Trinajstić information content (AvgIpc) is 2.15. The lowest BCUT2D eigenvalue weighted by Gasteiger charge is -2.12. The fourth-order valence-corrected chi connectivity index (χ4v) is 1.54. The summed E-state index contributed by atoms with van der Waals surface area (Å²) in [5, 5.41) is 0. The SMILES string of the molecule is C=C(C)C(=O)OCCOC(CC)S(=O)(=O)O. The van der Waals surface area contributed by atoms with Gasteiger partial charge in [0.25, 0.3) is 10.1 Å². The van der Waals surface area contributed by atoms with Gasteiger partial charge in [0.15, 0.2) is 5.44 Å². The van der Waals surface area contributed by atoms with Crippen molar-refractivity contribution >= 4 is 16.1 Å². The van der Waals surface area contributed by atoms with E-state index in [2.05, 4.69) is 11.3 Å². The maximum Gasteiger partial charge on any atom is 0.333 e. The summed E-state index contributed by atoms with van der Waals surface area (Å²) in [4.78, 5) is 10.9. The number of esters is 1. The van der Waals surface area contributed by atoms with Crippen molar-refractivity contribution < 1.29 is 27.2 Å². The molecule has 0 aliphatic rings. The van der Waals surface area contributed by atoms with Crippen molar-refractivity contribution in [3.8, 4) is 0 Å². The van der Waals surface area contributed by atoms with Crippen LogP contribution in [0.15, 0.2) is 12.2 Å². The molecule has 0 saturated heterocycles. The number of ether oxygens (including phenoxy) is 2. The monoisotopic (exact) mass is 252 g/mol. The first kappa shape index (κ1) is 15.1. The van der Waals surface area contributed by atoms with Crippen molar-refractivity contribution in [2.24, 2.45) is 0 Å². The summed E-state index contributed by atoms with van der Waals surface area (Å²) in [5.41, 5.74) is -1.03. The van der Waals surface area contributed by atoms with Gasteiger partial charge in [-0.15, -0.1) is 0 Å². The van der Waals surface area contributed by atoms with E-state index >= 15 is 0 Å². The zero-order valence-corrected chi connectivity index (χ0v) is 10.1. The fraction of sp³-hybridized carbons (Fsp3) is 0.667. The molecule has 1 atom stereocenters. The van der Waals surface area contributed by atoms with Crippen LogP contribution < -0.4 is 0 Å². The highest BCUT2D eigenvalue weighted by molar-refractivity contribution is 7.86. The van der Waals surface area contributed by atoms with E-state index in [-0.39, 0.29) is 25.2 Å². The molecular weight excluding hydrogens is 236 g/mol. The standard InChI is InChI=1S/C9H16O6S/c1-4-8(16(11,12)13)14-5-6-15-9(10)7(2)3/h8H,2,4-6H2,1,3H3,(H,11,12,13). The lowest BCUT2D eigenvalue weighted by molar-refractivity contribution is -0.140. The Morgan fingerprint density at radius 1 is 1.44 bits per heavy atom. The average molecular weight is 252 g/mol. The molecule has 0 radical (unpaired) electrons. The number of carbonyl (C=O) groups is 1. The van der Waals surface area contributed by atoms with Gasteiger partial charge in [-0.1, -0.05) is 13.5 Å². The smallest absolute Gasteiger partial charge is 0.333 e. The zero-order chi connectivity index (χ0) is 12.8. The molecular formula is C9H16O6S. The molecule has 16 heavy (non-hydrogen) atoms. The van der Waals surface area contributed by atoms with Gasteiger partial charge in [-0.25, -0.2) is 4.79 Å². The van der Waals surface area contributed by atoms with E-state index in [4.69, 9.17) is 9.29 Å². The van der Waals surface area contributed by atoms with E-state index in [1.807, 2.05) is 0 Å². The quantitative estimate of drug-likeness (QED) is 0.311. The molecule has 0 rings (SSSR count). The van der Waals surface area contributed by atoms with E-state index in [0.717, 1.165) is 0 Å². The molecule has 1 N–H and O–H groups in total. The van der Waals surface area contributed by atoms with Gasteiger partial charge in [0.2, 0.25) is 0 Å². The first-order valence-electron chi connectivity index (χ1n) is 4.69. The van der Waals surface area contributed by atoms with Crippen LogP contribution in [0, 0.1) is 0 Å². The van der Waals surface area contributed by atoms with Gasteiger partial charge in [-0.2, -0.15) is 8.42 Å². The molecule has 6 nitrogen and oxygen atoms in total. The largest absolute Gasteiger partial charge is 0.460 e. The van der Waals surface area contributed by atoms with Crippen LogP contribution in [0.2, 0.25) is 0 Å². The van der Waals surface area contributed by atoms with Gasteiger partial charge < -0.3 is 9.47 Å². The van der Waals surface area contributed by atoms with Crippen LogP contribution in [0.5, 0.6) is 0 Å². The second kappa shape index (κ2) is 6.62. The van der Waals surface area contributed by atoms with Gasteiger partial charge >= 0.3 is 5.97 Å². The van der Waals surface area contributed by atoms with Crippen molar-refractivity contribution in [3.05, 3.63) is 12.2 Å². The van der Waals surface area contributed by atoms with Crippen LogP contribution >= 0.6 is 0 Å². The lowest BCUT2D eigenvalue weighted by atomic mass is 10.4. The summed E-state index contributed by atoms with van der Waals surface area (Å²) in [7, 11) is -4.21. The molecule has 7 heteroatoms. The first-order valence-corrected chi connectivity index (χ1v) is 6.20. The minimum absolute atomic E-state index is 0.0856. The van der Waals surface area contributed by atoms with Gasteiger partial charge in [0.05, 0.1) is 6.61 Å². The van der Waals surface area contributed by atoms with Crippen molar-refractivity contribution in [1.29, 1.82) is 0 Å². The minimum atomic E-state index is -4.21. The van der Waals surface area contributed by atoms with Crippen LogP contribution in [0.3, 0.4) is 0 Å². The molecule has 0 aliphatic carbocycles. The van der Waals surface area contributed by atoms with E-state index in [1.54, 1.807) is 6.92 Å². The molecule has 0 aromatic rings. The Bertz CT molecular complexity index is 345. The Morgan fingerprint density at radius 3 is 2.38 bits per heavy atom. The molecule has 1 unspecified atom stereocenters. The van der Waals surface area contributed by atoms with E-state index in [9.17, 15) is 13.2 Å². The van der Waals surface area contributed by atoms with Crippen LogP contribution in [0.25, 0.3) is 0 Å². The Morgan fingerprint density at radius 2 is 2.00 bits per heavy atom. The molecule has 0 saturated carbocycles. The van der Waals surface area contributed by atoms with Crippen molar-refractivity contribution in [1.82, 2.24) is 0 Å². The molecule has 0 amide bonds. The minimum Gasteiger partial charge on any atom is -0.460 e. The molecule has 0 aliphatic heterocycles. The summed E-state index contributed by atoms with van der Waals surface area (Å²) in [6.07, 6.45) is 0.118. The van der Waals surface area contributed by atoms with Crippen molar-refractivity contribution in [3.63, 3.8) is 0 Å². The Balaban J connectivity index is 3.90. The first-order chi connectivity index (χ1) is 7.29. The fourth-order valence-electron chi connectivity index (χ4n) is 0.852. The van der Waals surface area contributed by atoms with Gasteiger partial charge in [-0.05, 0) is 13.3 Å². The number of hydrogen-bond acceptors (Lipinski definition) is 5. The highest BCUT2D eigenvalue weighted by atomic mass is 32.2. The molecule has 0 fully saturated rings. The molecule has 0 aromatic heterocycles. The van der Waals surface area contributed by atoms with Crippen LogP contribution in [-0.4, -0.2) is 37.6 Å². The Kier molecular flexibility index (Phi) is 6.24. The van der Waals surface area contributed by atoms with E-state index in [0.29, 0.717) is 0 Å². The molecule has 0 spiro atoms. The topological polar surface area (TPSA) is 89.9 Å². The number of carbonyl (C=O) groups excluding carboxylic acids is 1. The third-order valence-electron chi connectivity index (χ3n) is 1.63. The maximum atomic E-state index is 10.9.